The lowest BCUT2D eigenvalue weighted by atomic mass is 10.2. The Morgan fingerprint density at radius 1 is 1.39 bits per heavy atom. The Labute approximate surface area is 142 Å². The fraction of sp³-hybridized carbons (Fsp3) is 0.562. The molecule has 0 atom stereocenters. The molecular formula is C16H19N3O2S2. The van der Waals surface area contributed by atoms with Crippen LogP contribution in [0.2, 0.25) is 0 Å². The van der Waals surface area contributed by atoms with Gasteiger partial charge in [-0.25, -0.2) is 4.98 Å². The number of carbonyl (C=O) groups excluding carboxylic acids is 1. The summed E-state index contributed by atoms with van der Waals surface area (Å²) in [4.78, 5) is 33.7. The number of rotatable bonds is 6. The number of thiophene rings is 1. The molecule has 0 bridgehead atoms. The van der Waals surface area contributed by atoms with Gasteiger partial charge < -0.3 is 10.3 Å². The summed E-state index contributed by atoms with van der Waals surface area (Å²) in [7, 11) is 0. The minimum Gasteiger partial charge on any atom is -0.353 e. The van der Waals surface area contributed by atoms with Crippen molar-refractivity contribution < 1.29 is 4.79 Å². The van der Waals surface area contributed by atoms with E-state index >= 15 is 0 Å². The number of aromatic amines is 1. The van der Waals surface area contributed by atoms with Gasteiger partial charge in [-0.1, -0.05) is 0 Å². The van der Waals surface area contributed by atoms with Crippen LogP contribution in [0.5, 0.6) is 0 Å². The number of aromatic nitrogens is 2. The molecule has 1 saturated carbocycles. The average molecular weight is 349 g/mol. The molecule has 5 nitrogen and oxygen atoms in total. The lowest BCUT2D eigenvalue weighted by Gasteiger charge is -2.03. The molecule has 2 aromatic rings. The summed E-state index contributed by atoms with van der Waals surface area (Å²) in [6.07, 6.45) is 6.00. The number of nitrogens with one attached hydrogen (secondary N) is 2. The summed E-state index contributed by atoms with van der Waals surface area (Å²) < 4.78 is 0. The highest BCUT2D eigenvalue weighted by molar-refractivity contribution is 7.98. The monoisotopic (exact) mass is 349 g/mol. The van der Waals surface area contributed by atoms with Crippen LogP contribution in [0.1, 0.15) is 41.9 Å². The van der Waals surface area contributed by atoms with Crippen molar-refractivity contribution in [3.63, 3.8) is 0 Å². The Kier molecular flexibility index (Phi) is 4.15. The maximum atomic E-state index is 12.3. The van der Waals surface area contributed by atoms with Crippen LogP contribution in [0, 0.1) is 0 Å². The minimum atomic E-state index is -0.00326. The first-order valence-electron chi connectivity index (χ1n) is 8.11. The molecule has 2 N–H and O–H groups in total. The zero-order valence-corrected chi connectivity index (χ0v) is 14.4. The Bertz CT molecular complexity index is 807. The van der Waals surface area contributed by atoms with Gasteiger partial charge in [0.05, 0.1) is 11.1 Å². The quantitative estimate of drug-likeness (QED) is 0.785. The van der Waals surface area contributed by atoms with Gasteiger partial charge in [0.15, 0.2) is 0 Å². The second-order valence-corrected chi connectivity index (χ2v) is 8.38. The zero-order chi connectivity index (χ0) is 15.8. The highest BCUT2D eigenvalue weighted by Crippen LogP contribution is 2.34. The number of fused-ring (bicyclic) bond motifs is 3. The van der Waals surface area contributed by atoms with Crippen LogP contribution >= 0.6 is 23.1 Å². The summed E-state index contributed by atoms with van der Waals surface area (Å²) in [5, 5.41) is 3.79. The van der Waals surface area contributed by atoms with Crippen LogP contribution < -0.4 is 10.9 Å². The van der Waals surface area contributed by atoms with Crippen LogP contribution in [-0.2, 0) is 23.4 Å². The van der Waals surface area contributed by atoms with Crippen molar-refractivity contribution in [1.29, 1.82) is 0 Å². The molecule has 0 radical (unpaired) electrons. The summed E-state index contributed by atoms with van der Waals surface area (Å²) >= 11 is 3.31. The zero-order valence-electron chi connectivity index (χ0n) is 12.8. The smallest absolute Gasteiger partial charge is 0.259 e. The van der Waals surface area contributed by atoms with Gasteiger partial charge in [-0.3, -0.25) is 9.59 Å². The van der Waals surface area contributed by atoms with E-state index in [9.17, 15) is 9.59 Å². The van der Waals surface area contributed by atoms with Crippen LogP contribution in [0.3, 0.4) is 0 Å². The summed E-state index contributed by atoms with van der Waals surface area (Å²) in [5.41, 5.74) is 1.21. The fourth-order valence-corrected chi connectivity index (χ4v) is 5.06. The van der Waals surface area contributed by atoms with Crippen molar-refractivity contribution in [3.8, 4) is 0 Å². The Hall–Kier alpha value is -1.34. The highest BCUT2D eigenvalue weighted by atomic mass is 32.2. The van der Waals surface area contributed by atoms with Crippen molar-refractivity contribution in [2.24, 2.45) is 0 Å². The van der Waals surface area contributed by atoms with E-state index in [0.29, 0.717) is 18.2 Å². The maximum absolute atomic E-state index is 12.3. The molecule has 1 fully saturated rings. The largest absolute Gasteiger partial charge is 0.353 e. The van der Waals surface area contributed by atoms with Crippen molar-refractivity contribution in [1.82, 2.24) is 15.3 Å². The van der Waals surface area contributed by atoms with E-state index in [-0.39, 0.29) is 11.5 Å². The van der Waals surface area contributed by atoms with Gasteiger partial charge in [0.2, 0.25) is 5.91 Å². The lowest BCUT2D eigenvalue weighted by Crippen LogP contribution is -2.25. The molecular weight excluding hydrogens is 330 g/mol. The molecule has 2 aromatic heterocycles. The van der Waals surface area contributed by atoms with Gasteiger partial charge in [0.1, 0.15) is 10.7 Å². The number of aryl methyl sites for hydroxylation is 2. The van der Waals surface area contributed by atoms with Gasteiger partial charge in [-0.15, -0.1) is 11.3 Å². The molecule has 2 heterocycles. The van der Waals surface area contributed by atoms with E-state index in [1.54, 1.807) is 23.1 Å². The van der Waals surface area contributed by atoms with Crippen LogP contribution in [0.15, 0.2) is 4.79 Å². The lowest BCUT2D eigenvalue weighted by molar-refractivity contribution is -0.120. The van der Waals surface area contributed by atoms with Gasteiger partial charge in [0.25, 0.3) is 5.56 Å². The number of H-pyrrole nitrogens is 1. The van der Waals surface area contributed by atoms with E-state index in [0.717, 1.165) is 53.9 Å². The molecule has 0 spiro atoms. The van der Waals surface area contributed by atoms with E-state index in [1.165, 1.54) is 10.4 Å². The number of thioether (sulfide) groups is 1. The van der Waals surface area contributed by atoms with Gasteiger partial charge in [-0.2, -0.15) is 11.8 Å². The highest BCUT2D eigenvalue weighted by Gasteiger charge is 2.23. The van der Waals surface area contributed by atoms with Crippen LogP contribution in [-0.4, -0.2) is 27.7 Å². The van der Waals surface area contributed by atoms with Crippen molar-refractivity contribution in [2.75, 3.05) is 5.75 Å². The van der Waals surface area contributed by atoms with Gasteiger partial charge in [0, 0.05) is 23.1 Å². The number of carbonyl (C=O) groups is 1. The molecule has 1 amide bonds. The molecule has 0 unspecified atom stereocenters. The van der Waals surface area contributed by atoms with Crippen molar-refractivity contribution >= 4 is 39.2 Å². The van der Waals surface area contributed by atoms with Crippen LogP contribution in [0.25, 0.3) is 10.2 Å². The standard InChI is InChI=1S/C16H19N3O2S2/c20-13(17-9-4-5-9)6-7-22-8-12-18-15(21)14-10-2-1-3-11(10)23-16(14)19-12/h9H,1-8H2,(H,17,20)(H,18,19,21). The Morgan fingerprint density at radius 2 is 2.26 bits per heavy atom. The van der Waals surface area contributed by atoms with E-state index in [1.807, 2.05) is 0 Å². The van der Waals surface area contributed by atoms with Crippen molar-refractivity contribution in [3.05, 3.63) is 26.6 Å². The molecule has 0 aromatic carbocycles. The third-order valence-electron chi connectivity index (χ3n) is 4.28. The molecule has 2 aliphatic carbocycles. The number of hydrogen-bond donors (Lipinski definition) is 2. The normalized spacial score (nSPS) is 16.7. The number of hydrogen-bond acceptors (Lipinski definition) is 5. The predicted molar refractivity (Wildman–Crippen MR) is 94.2 cm³/mol. The molecule has 122 valence electrons. The number of amides is 1. The van der Waals surface area contributed by atoms with Crippen LogP contribution in [0.4, 0.5) is 0 Å². The maximum Gasteiger partial charge on any atom is 0.259 e. The SMILES string of the molecule is O=C(CCSCc1nc2sc3c(c2c(=O)[nH]1)CCC3)NC1CC1. The summed E-state index contributed by atoms with van der Waals surface area (Å²) in [5.74, 6) is 2.24. The summed E-state index contributed by atoms with van der Waals surface area (Å²) in [6.45, 7) is 0. The van der Waals surface area contributed by atoms with E-state index < -0.39 is 0 Å². The van der Waals surface area contributed by atoms with E-state index in [4.69, 9.17) is 0 Å². The number of nitrogens with zero attached hydrogens (tertiary/aromatic N) is 1. The first-order valence-corrected chi connectivity index (χ1v) is 10.1. The predicted octanol–water partition coefficient (Wildman–Crippen LogP) is 2.38. The molecule has 23 heavy (non-hydrogen) atoms. The third-order valence-corrected chi connectivity index (χ3v) is 6.43. The van der Waals surface area contributed by atoms with Gasteiger partial charge >= 0.3 is 0 Å². The Balaban J connectivity index is 1.37. The molecule has 0 aliphatic heterocycles. The summed E-state index contributed by atoms with van der Waals surface area (Å²) in [6, 6.07) is 0.425. The fourth-order valence-electron chi connectivity index (χ4n) is 2.98. The second kappa shape index (κ2) is 6.28. The first kappa shape index (κ1) is 15.2. The third kappa shape index (κ3) is 3.30. The van der Waals surface area contributed by atoms with E-state index in [2.05, 4.69) is 15.3 Å². The average Bonchev–Trinajstić information content (AvgIpc) is 3.07. The Morgan fingerprint density at radius 3 is 3.09 bits per heavy atom. The first-order chi connectivity index (χ1) is 11.2. The molecule has 2 aliphatic rings. The minimum absolute atomic E-state index is 0.00326. The second-order valence-electron chi connectivity index (χ2n) is 6.19. The van der Waals surface area contributed by atoms with Gasteiger partial charge in [-0.05, 0) is 37.7 Å². The van der Waals surface area contributed by atoms with Crippen molar-refractivity contribution in [2.45, 2.75) is 50.3 Å². The molecule has 0 saturated heterocycles. The topological polar surface area (TPSA) is 74.8 Å². The molecule has 4 rings (SSSR count). The molecule has 7 heteroatoms.